The van der Waals surface area contributed by atoms with Crippen LogP contribution in [-0.2, 0) is 16.0 Å². The van der Waals surface area contributed by atoms with Crippen LogP contribution in [-0.4, -0.2) is 51.2 Å². The van der Waals surface area contributed by atoms with Gasteiger partial charge in [0.2, 0.25) is 17.6 Å². The van der Waals surface area contributed by atoms with E-state index in [1.54, 1.807) is 13.8 Å². The minimum atomic E-state index is -1.04. The molecule has 2 rings (SSSR count). The summed E-state index contributed by atoms with van der Waals surface area (Å²) in [5.41, 5.74) is 0.782. The van der Waals surface area contributed by atoms with Crippen LogP contribution in [0, 0.1) is 0 Å². The van der Waals surface area contributed by atoms with Gasteiger partial charge in [-0.15, -0.1) is 0 Å². The molecule has 0 bridgehead atoms. The van der Waals surface area contributed by atoms with Gasteiger partial charge in [0.05, 0.1) is 6.61 Å². The van der Waals surface area contributed by atoms with Gasteiger partial charge in [-0.2, -0.15) is 4.98 Å². The molecule has 0 fully saturated rings. The lowest BCUT2D eigenvalue weighted by Crippen LogP contribution is -2.40. The average molecular weight is 361 g/mol. The number of ether oxygens (including phenoxy) is 1. The highest BCUT2D eigenvalue weighted by Gasteiger charge is 2.20. The summed E-state index contributed by atoms with van der Waals surface area (Å²) >= 11 is 0. The molecule has 140 valence electrons. The molecule has 1 amide bonds. The molecule has 8 heteroatoms. The molecule has 0 unspecified atom stereocenters. The molecule has 1 heterocycles. The molecule has 0 aliphatic rings. The second-order valence-corrected chi connectivity index (χ2v) is 5.98. The largest absolute Gasteiger partial charge is 0.494 e. The van der Waals surface area contributed by atoms with Crippen molar-refractivity contribution in [1.82, 2.24) is 15.0 Å². The van der Waals surface area contributed by atoms with Crippen LogP contribution in [0.4, 0.5) is 0 Å². The summed E-state index contributed by atoms with van der Waals surface area (Å²) < 4.78 is 10.6. The summed E-state index contributed by atoms with van der Waals surface area (Å²) in [5, 5.41) is 12.8. The number of carbonyl (C=O) groups is 2. The molecule has 1 N–H and O–H groups in total. The van der Waals surface area contributed by atoms with Gasteiger partial charge in [-0.3, -0.25) is 9.59 Å². The van der Waals surface area contributed by atoms with E-state index in [0.29, 0.717) is 18.3 Å². The quantitative estimate of drug-likeness (QED) is 0.731. The average Bonchev–Trinajstić information content (AvgIpc) is 3.07. The van der Waals surface area contributed by atoms with Gasteiger partial charge in [0.15, 0.2) is 0 Å². The van der Waals surface area contributed by atoms with Crippen molar-refractivity contribution >= 4 is 11.9 Å². The number of hydrogen-bond acceptors (Lipinski definition) is 6. The summed E-state index contributed by atoms with van der Waals surface area (Å²) in [6, 6.07) is 7.12. The zero-order chi connectivity index (χ0) is 19.1. The molecule has 0 aliphatic carbocycles. The molecule has 0 spiro atoms. The van der Waals surface area contributed by atoms with Crippen LogP contribution in [0.25, 0.3) is 11.4 Å². The van der Waals surface area contributed by atoms with Gasteiger partial charge in [-0.05, 0) is 45.0 Å². The zero-order valence-electron chi connectivity index (χ0n) is 15.1. The van der Waals surface area contributed by atoms with Crippen LogP contribution < -0.4 is 4.74 Å². The minimum absolute atomic E-state index is 0.108. The lowest BCUT2D eigenvalue weighted by Gasteiger charge is -2.24. The van der Waals surface area contributed by atoms with E-state index < -0.39 is 5.97 Å². The van der Waals surface area contributed by atoms with E-state index in [2.05, 4.69) is 10.1 Å². The summed E-state index contributed by atoms with van der Waals surface area (Å²) in [7, 11) is 0. The van der Waals surface area contributed by atoms with Crippen molar-refractivity contribution in [2.75, 3.05) is 13.2 Å². The fourth-order valence-electron chi connectivity index (χ4n) is 2.40. The number of benzene rings is 1. The molecule has 1 aromatic carbocycles. The summed E-state index contributed by atoms with van der Waals surface area (Å²) in [6.45, 7) is 5.74. The fraction of sp³-hybridized carbons (Fsp3) is 0.444. The number of rotatable bonds is 9. The third kappa shape index (κ3) is 5.30. The lowest BCUT2D eigenvalue weighted by atomic mass is 10.2. The Labute approximate surface area is 151 Å². The van der Waals surface area contributed by atoms with Gasteiger partial charge in [-0.25, -0.2) is 0 Å². The van der Waals surface area contributed by atoms with Gasteiger partial charge >= 0.3 is 5.97 Å². The Morgan fingerprint density at radius 1 is 1.27 bits per heavy atom. The van der Waals surface area contributed by atoms with Crippen molar-refractivity contribution in [2.45, 2.75) is 39.7 Å². The van der Waals surface area contributed by atoms with Crippen molar-refractivity contribution in [3.8, 4) is 17.1 Å². The first-order valence-electron chi connectivity index (χ1n) is 8.47. The van der Waals surface area contributed by atoms with E-state index >= 15 is 0 Å². The number of carbonyl (C=O) groups excluding carboxylic acids is 1. The maximum Gasteiger partial charge on any atom is 0.323 e. The number of aryl methyl sites for hydroxylation is 1. The number of aliphatic carboxylic acids is 1. The van der Waals surface area contributed by atoms with E-state index in [-0.39, 0.29) is 31.3 Å². The Morgan fingerprint density at radius 3 is 2.54 bits per heavy atom. The zero-order valence-corrected chi connectivity index (χ0v) is 15.1. The maximum atomic E-state index is 12.2. The molecule has 8 nitrogen and oxygen atoms in total. The summed E-state index contributed by atoms with van der Waals surface area (Å²) in [5.74, 6) is 0.228. The van der Waals surface area contributed by atoms with Crippen LogP contribution >= 0.6 is 0 Å². The van der Waals surface area contributed by atoms with Crippen LogP contribution in [0.1, 0.15) is 33.1 Å². The van der Waals surface area contributed by atoms with Crippen molar-refractivity contribution in [3.05, 3.63) is 30.2 Å². The standard InChI is InChI=1S/C18H23N3O5/c1-4-25-14-7-5-13(6-8-14)18-19-15(26-20-18)9-10-16(22)21(12(2)3)11-17(23)24/h5-8,12H,4,9-11H2,1-3H3,(H,23,24). The fourth-order valence-corrected chi connectivity index (χ4v) is 2.40. The highest BCUT2D eigenvalue weighted by atomic mass is 16.5. The van der Waals surface area contributed by atoms with Crippen LogP contribution in [0.15, 0.2) is 28.8 Å². The number of carboxylic acids is 1. The topological polar surface area (TPSA) is 106 Å². The minimum Gasteiger partial charge on any atom is -0.494 e. The third-order valence-electron chi connectivity index (χ3n) is 3.69. The van der Waals surface area contributed by atoms with Crippen molar-refractivity contribution < 1.29 is 24.0 Å². The number of hydrogen-bond donors (Lipinski definition) is 1. The van der Waals surface area contributed by atoms with Gasteiger partial charge in [0.25, 0.3) is 0 Å². The first-order chi connectivity index (χ1) is 12.4. The second-order valence-electron chi connectivity index (χ2n) is 5.98. The summed E-state index contributed by atoms with van der Waals surface area (Å²) in [6.07, 6.45) is 0.363. The normalized spacial score (nSPS) is 10.8. The van der Waals surface area contributed by atoms with E-state index in [1.165, 1.54) is 4.90 Å². The maximum absolute atomic E-state index is 12.2. The predicted octanol–water partition coefficient (Wildman–Crippen LogP) is 2.39. The molecule has 0 radical (unpaired) electrons. The number of carboxylic acid groups (broad SMARTS) is 1. The predicted molar refractivity (Wildman–Crippen MR) is 93.7 cm³/mol. The first-order valence-corrected chi connectivity index (χ1v) is 8.47. The molecule has 0 saturated heterocycles. The van der Waals surface area contributed by atoms with E-state index in [0.717, 1.165) is 11.3 Å². The molecule has 0 saturated carbocycles. The molecule has 0 atom stereocenters. The molecular weight excluding hydrogens is 338 g/mol. The molecule has 0 aliphatic heterocycles. The highest BCUT2D eigenvalue weighted by molar-refractivity contribution is 5.81. The lowest BCUT2D eigenvalue weighted by molar-refractivity contribution is -0.145. The van der Waals surface area contributed by atoms with Gasteiger partial charge < -0.3 is 19.3 Å². The molecular formula is C18H23N3O5. The van der Waals surface area contributed by atoms with Gasteiger partial charge in [0, 0.05) is 24.4 Å². The van der Waals surface area contributed by atoms with Crippen molar-refractivity contribution in [2.24, 2.45) is 0 Å². The Bertz CT molecular complexity index is 740. The molecule has 2 aromatic rings. The number of aromatic nitrogens is 2. The number of nitrogens with zero attached hydrogens (tertiary/aromatic N) is 3. The van der Waals surface area contributed by atoms with Crippen LogP contribution in [0.2, 0.25) is 0 Å². The third-order valence-corrected chi connectivity index (χ3v) is 3.69. The number of amides is 1. The monoisotopic (exact) mass is 361 g/mol. The Morgan fingerprint density at radius 2 is 1.96 bits per heavy atom. The van der Waals surface area contributed by atoms with Crippen molar-refractivity contribution in [1.29, 1.82) is 0 Å². The smallest absolute Gasteiger partial charge is 0.323 e. The first kappa shape index (κ1) is 19.4. The molecule has 1 aromatic heterocycles. The van der Waals surface area contributed by atoms with Gasteiger partial charge in [0.1, 0.15) is 12.3 Å². The SMILES string of the molecule is CCOc1ccc(-c2noc(CCC(=O)N(CC(=O)O)C(C)C)n2)cc1. The Balaban J connectivity index is 1.97. The summed E-state index contributed by atoms with van der Waals surface area (Å²) in [4.78, 5) is 28.7. The van der Waals surface area contributed by atoms with Crippen LogP contribution in [0.3, 0.4) is 0 Å². The van der Waals surface area contributed by atoms with E-state index in [1.807, 2.05) is 31.2 Å². The molecule has 26 heavy (non-hydrogen) atoms. The highest BCUT2D eigenvalue weighted by Crippen LogP contribution is 2.20. The second kappa shape index (κ2) is 8.98. The van der Waals surface area contributed by atoms with Crippen molar-refractivity contribution in [3.63, 3.8) is 0 Å². The van der Waals surface area contributed by atoms with Crippen LogP contribution in [0.5, 0.6) is 5.75 Å². The van der Waals surface area contributed by atoms with E-state index in [9.17, 15) is 9.59 Å². The van der Waals surface area contributed by atoms with E-state index in [4.69, 9.17) is 14.4 Å². The Hall–Kier alpha value is -2.90. The Kier molecular flexibility index (Phi) is 6.71. The van der Waals surface area contributed by atoms with Gasteiger partial charge in [-0.1, -0.05) is 5.16 Å².